The molecule has 11 heteroatoms. The van der Waals surface area contributed by atoms with Gasteiger partial charge in [-0.1, -0.05) is 12.8 Å². The van der Waals surface area contributed by atoms with Gasteiger partial charge in [-0.3, -0.25) is 15.0 Å². The van der Waals surface area contributed by atoms with E-state index in [1.165, 1.54) is 0 Å². The molecule has 0 unspecified atom stereocenters. The lowest BCUT2D eigenvalue weighted by molar-refractivity contribution is -0.131. The molecule has 1 fully saturated rings. The van der Waals surface area contributed by atoms with Crippen LogP contribution in [0.25, 0.3) is 0 Å². The molecule has 1 saturated carbocycles. The van der Waals surface area contributed by atoms with Gasteiger partial charge in [-0.15, -0.1) is 0 Å². The monoisotopic (exact) mass is 432 g/mol. The number of benzene rings is 1. The molecule has 0 radical (unpaired) electrons. The molecule has 1 aliphatic rings. The van der Waals surface area contributed by atoms with Crippen molar-refractivity contribution < 1.29 is 31.9 Å². The van der Waals surface area contributed by atoms with E-state index in [0.717, 1.165) is 12.8 Å². The molecule has 0 spiro atoms. The molecular weight excluding hydrogens is 408 g/mol. The van der Waals surface area contributed by atoms with Crippen LogP contribution in [-0.2, 0) is 9.59 Å². The molecule has 5 N–H and O–H groups in total. The third kappa shape index (κ3) is 6.33. The van der Waals surface area contributed by atoms with E-state index in [1.807, 2.05) is 0 Å². The van der Waals surface area contributed by atoms with Crippen LogP contribution in [0.15, 0.2) is 6.07 Å². The van der Waals surface area contributed by atoms with Crippen LogP contribution in [0, 0.1) is 34.6 Å². The van der Waals surface area contributed by atoms with E-state index in [-0.39, 0.29) is 36.8 Å². The zero-order valence-electron chi connectivity index (χ0n) is 16.2. The Morgan fingerprint density at radius 3 is 2.33 bits per heavy atom. The number of hydrogen-bond donors (Lipinski definition) is 4. The van der Waals surface area contributed by atoms with Gasteiger partial charge in [-0.25, -0.2) is 8.78 Å². The number of Topliss-reactive ketones (excluding diaryl/α,β-unsaturated/α-hetero) is 1. The van der Waals surface area contributed by atoms with Crippen LogP contribution in [-0.4, -0.2) is 36.8 Å². The van der Waals surface area contributed by atoms with Crippen LogP contribution in [0.5, 0.6) is 5.75 Å². The maximum atomic E-state index is 13.7. The number of carbonyl (C=O) groups excluding carboxylic acids is 2. The molecule has 2 rings (SSSR count). The van der Waals surface area contributed by atoms with Crippen molar-refractivity contribution in [2.24, 2.45) is 11.7 Å². The van der Waals surface area contributed by atoms with Gasteiger partial charge in [0.2, 0.25) is 17.5 Å². The van der Waals surface area contributed by atoms with Crippen LogP contribution in [0.1, 0.15) is 38.5 Å². The highest BCUT2D eigenvalue weighted by molar-refractivity contribution is 5.90. The predicted molar refractivity (Wildman–Crippen MR) is 99.8 cm³/mol. The van der Waals surface area contributed by atoms with Crippen molar-refractivity contribution in [3.63, 3.8) is 0 Å². The number of rotatable bonds is 10. The molecule has 0 aromatic heterocycles. The third-order valence-corrected chi connectivity index (χ3v) is 4.85. The quantitative estimate of drug-likeness (QED) is 0.149. The van der Waals surface area contributed by atoms with E-state index >= 15 is 0 Å². The van der Waals surface area contributed by atoms with Gasteiger partial charge < -0.3 is 21.1 Å². The number of nitrogens with one attached hydrogen (secondary N) is 3. The zero-order chi connectivity index (χ0) is 22.3. The molecule has 30 heavy (non-hydrogen) atoms. The molecule has 1 aromatic carbocycles. The summed E-state index contributed by atoms with van der Waals surface area (Å²) in [5, 5.41) is 12.3. The summed E-state index contributed by atoms with van der Waals surface area (Å²) in [6.07, 6.45) is 3.71. The van der Waals surface area contributed by atoms with Crippen LogP contribution in [0.3, 0.4) is 0 Å². The molecule has 7 nitrogen and oxygen atoms in total. The number of ketones is 1. The van der Waals surface area contributed by atoms with Gasteiger partial charge in [0.15, 0.2) is 29.1 Å². The highest BCUT2D eigenvalue weighted by atomic mass is 19.2. The minimum Gasteiger partial charge on any atom is -0.479 e. The maximum absolute atomic E-state index is 13.7. The minimum atomic E-state index is -1.75. The summed E-state index contributed by atoms with van der Waals surface area (Å²) in [4.78, 5) is 24.9. The van der Waals surface area contributed by atoms with Gasteiger partial charge in [0.1, 0.15) is 6.61 Å². The smallest absolute Gasteiger partial charge is 0.223 e. The number of guanidine groups is 1. The van der Waals surface area contributed by atoms with Crippen molar-refractivity contribution in [2.75, 3.05) is 13.2 Å². The standard InChI is InChI=1S/C19H24F4N4O3/c20-11-8-12(21)16(23)17(15(11)22)30-9-14(28)13(6-3-7-26-19(24)25)27-18(29)10-4-1-2-5-10/h8,10,13H,1-7,9H2,(H,27,29)(H4,24,25,26)/t13-/m0/s1. The van der Waals surface area contributed by atoms with Crippen molar-refractivity contribution in [3.05, 3.63) is 29.3 Å². The summed E-state index contributed by atoms with van der Waals surface area (Å²) in [6.45, 7) is -0.635. The lowest BCUT2D eigenvalue weighted by Gasteiger charge is -2.20. The summed E-state index contributed by atoms with van der Waals surface area (Å²) in [7, 11) is 0. The topological polar surface area (TPSA) is 117 Å². The average molecular weight is 432 g/mol. The number of halogens is 4. The van der Waals surface area contributed by atoms with Gasteiger partial charge in [-0.05, 0) is 25.7 Å². The van der Waals surface area contributed by atoms with Gasteiger partial charge in [-0.2, -0.15) is 8.78 Å². The van der Waals surface area contributed by atoms with Gasteiger partial charge in [0.25, 0.3) is 0 Å². The summed E-state index contributed by atoms with van der Waals surface area (Å²) in [6, 6.07) is -0.997. The molecule has 1 amide bonds. The third-order valence-electron chi connectivity index (χ3n) is 4.85. The van der Waals surface area contributed by atoms with E-state index in [0.29, 0.717) is 19.3 Å². The number of hydrogen-bond acceptors (Lipinski definition) is 4. The Kier molecular flexibility index (Phi) is 8.43. The lowest BCUT2D eigenvalue weighted by Crippen LogP contribution is -2.45. The first-order valence-corrected chi connectivity index (χ1v) is 9.57. The van der Waals surface area contributed by atoms with Crippen LogP contribution < -0.4 is 21.1 Å². The molecule has 0 aliphatic heterocycles. The number of carbonyl (C=O) groups is 2. The number of nitrogens with two attached hydrogens (primary N) is 1. The van der Waals surface area contributed by atoms with Crippen molar-refractivity contribution in [1.82, 2.24) is 10.6 Å². The second-order valence-electron chi connectivity index (χ2n) is 7.08. The fourth-order valence-corrected chi connectivity index (χ4v) is 3.24. The first-order valence-electron chi connectivity index (χ1n) is 9.57. The Labute approximate surface area is 170 Å². The molecule has 0 saturated heterocycles. The summed E-state index contributed by atoms with van der Waals surface area (Å²) < 4.78 is 58.7. The molecular formula is C19H24F4N4O3. The predicted octanol–water partition coefficient (Wildman–Crippen LogP) is 2.13. The SMILES string of the molecule is N=C(N)NCCC[C@H](NC(=O)C1CCCC1)C(=O)COc1c(F)c(F)cc(F)c1F. The first kappa shape index (κ1) is 23.4. The largest absolute Gasteiger partial charge is 0.479 e. The average Bonchev–Trinajstić information content (AvgIpc) is 3.23. The van der Waals surface area contributed by atoms with E-state index in [1.54, 1.807) is 0 Å². The Morgan fingerprint density at radius 2 is 1.77 bits per heavy atom. The van der Waals surface area contributed by atoms with Crippen molar-refractivity contribution >= 4 is 17.6 Å². The summed E-state index contributed by atoms with van der Waals surface area (Å²) in [5.74, 6) is -9.64. The van der Waals surface area contributed by atoms with E-state index in [2.05, 4.69) is 10.6 Å². The minimum absolute atomic E-state index is 0.0337. The van der Waals surface area contributed by atoms with Crippen molar-refractivity contribution in [3.8, 4) is 5.75 Å². The molecule has 166 valence electrons. The second kappa shape index (κ2) is 10.8. The molecule has 1 aliphatic carbocycles. The highest BCUT2D eigenvalue weighted by Gasteiger charge is 2.28. The fraction of sp³-hybridized carbons (Fsp3) is 0.526. The van der Waals surface area contributed by atoms with E-state index in [9.17, 15) is 27.2 Å². The number of ether oxygens (including phenoxy) is 1. The molecule has 1 aromatic rings. The Balaban J connectivity index is 2.03. The second-order valence-corrected chi connectivity index (χ2v) is 7.08. The highest BCUT2D eigenvalue weighted by Crippen LogP contribution is 2.27. The summed E-state index contributed by atoms with van der Waals surface area (Å²) in [5.41, 5.74) is 5.18. The van der Waals surface area contributed by atoms with Gasteiger partial charge in [0.05, 0.1) is 6.04 Å². The van der Waals surface area contributed by atoms with E-state index in [4.69, 9.17) is 15.9 Å². The van der Waals surface area contributed by atoms with E-state index < -0.39 is 47.5 Å². The van der Waals surface area contributed by atoms with Crippen molar-refractivity contribution in [1.29, 1.82) is 5.41 Å². The molecule has 0 bridgehead atoms. The lowest BCUT2D eigenvalue weighted by atomic mass is 10.0. The molecule has 0 heterocycles. The van der Waals surface area contributed by atoms with Crippen LogP contribution >= 0.6 is 0 Å². The van der Waals surface area contributed by atoms with Gasteiger partial charge >= 0.3 is 0 Å². The Bertz CT molecular complexity index is 774. The fourth-order valence-electron chi connectivity index (χ4n) is 3.24. The Hall–Kier alpha value is -2.85. The van der Waals surface area contributed by atoms with Crippen molar-refractivity contribution in [2.45, 2.75) is 44.6 Å². The maximum Gasteiger partial charge on any atom is 0.223 e. The van der Waals surface area contributed by atoms with Gasteiger partial charge in [0, 0.05) is 18.5 Å². The summed E-state index contributed by atoms with van der Waals surface area (Å²) >= 11 is 0. The Morgan fingerprint density at radius 1 is 1.17 bits per heavy atom. The van der Waals surface area contributed by atoms with Crippen LogP contribution in [0.4, 0.5) is 17.6 Å². The first-order chi connectivity index (χ1) is 14.2. The number of amides is 1. The van der Waals surface area contributed by atoms with Crippen LogP contribution in [0.2, 0.25) is 0 Å². The zero-order valence-corrected chi connectivity index (χ0v) is 16.2. The molecule has 1 atom stereocenters. The normalized spacial score (nSPS) is 14.9.